The lowest BCUT2D eigenvalue weighted by molar-refractivity contribution is -0.149. The van der Waals surface area contributed by atoms with E-state index in [-0.39, 0.29) is 30.3 Å². The Kier molecular flexibility index (Phi) is 7.45. The zero-order chi connectivity index (χ0) is 28.0. The van der Waals surface area contributed by atoms with Crippen molar-refractivity contribution in [2.45, 2.75) is 24.7 Å². The standard InChI is InChI=1S/C20H8F14O2/c1-36-14(8-4-11(19(29,30)31)16(22)12(5-8)20(32,33)34)6-13(35)7-2-9(17(23,24)25)15(21)10(3-7)18(26,27)28/h2-6H,1H3/b14-6-. The summed E-state index contributed by atoms with van der Waals surface area (Å²) in [6, 6.07) is -1.13. The fourth-order valence-electron chi connectivity index (χ4n) is 2.82. The molecule has 0 radical (unpaired) electrons. The molecule has 0 aromatic heterocycles. The molecule has 0 aliphatic carbocycles. The zero-order valence-corrected chi connectivity index (χ0v) is 17.0. The van der Waals surface area contributed by atoms with Gasteiger partial charge >= 0.3 is 24.7 Å². The predicted molar refractivity (Wildman–Crippen MR) is 92.1 cm³/mol. The number of alkyl halides is 12. The Morgan fingerprint density at radius 2 is 0.889 bits per heavy atom. The van der Waals surface area contributed by atoms with Crippen molar-refractivity contribution >= 4 is 11.5 Å². The molecule has 0 saturated heterocycles. The van der Waals surface area contributed by atoms with Crippen molar-refractivity contribution in [3.8, 4) is 0 Å². The van der Waals surface area contributed by atoms with Crippen LogP contribution in [0, 0.1) is 11.6 Å². The number of rotatable bonds is 4. The Morgan fingerprint density at radius 1 is 0.611 bits per heavy atom. The average molecular weight is 546 g/mol. The van der Waals surface area contributed by atoms with Gasteiger partial charge in [0.05, 0.1) is 29.4 Å². The molecule has 0 aliphatic heterocycles. The average Bonchev–Trinajstić information content (AvgIpc) is 2.68. The number of carbonyl (C=O) groups is 1. The van der Waals surface area contributed by atoms with Gasteiger partial charge in [-0.15, -0.1) is 0 Å². The molecule has 0 amide bonds. The van der Waals surface area contributed by atoms with Crippen LogP contribution in [0.5, 0.6) is 0 Å². The van der Waals surface area contributed by atoms with Gasteiger partial charge in [-0.3, -0.25) is 4.79 Å². The number of methoxy groups -OCH3 is 1. The summed E-state index contributed by atoms with van der Waals surface area (Å²) < 4.78 is 189. The topological polar surface area (TPSA) is 26.3 Å². The van der Waals surface area contributed by atoms with Crippen LogP contribution in [0.4, 0.5) is 61.5 Å². The molecule has 2 aromatic carbocycles. The minimum Gasteiger partial charge on any atom is -0.496 e. The van der Waals surface area contributed by atoms with E-state index < -0.39 is 81.3 Å². The van der Waals surface area contributed by atoms with Gasteiger partial charge < -0.3 is 4.74 Å². The molecule has 0 unspecified atom stereocenters. The highest BCUT2D eigenvalue weighted by molar-refractivity contribution is 6.08. The van der Waals surface area contributed by atoms with E-state index in [2.05, 4.69) is 4.74 Å². The summed E-state index contributed by atoms with van der Waals surface area (Å²) >= 11 is 0. The number of allylic oxidation sites excluding steroid dienone is 1. The van der Waals surface area contributed by atoms with Crippen molar-refractivity contribution in [3.05, 3.63) is 75.4 Å². The molecule has 0 bridgehead atoms. The number of ether oxygens (including phenoxy) is 1. The van der Waals surface area contributed by atoms with E-state index >= 15 is 0 Å². The largest absolute Gasteiger partial charge is 0.496 e. The van der Waals surface area contributed by atoms with Crippen molar-refractivity contribution in [2.75, 3.05) is 7.11 Å². The molecule has 16 heteroatoms. The van der Waals surface area contributed by atoms with Crippen LogP contribution in [0.25, 0.3) is 5.76 Å². The van der Waals surface area contributed by atoms with Gasteiger partial charge in [0, 0.05) is 17.2 Å². The highest BCUT2D eigenvalue weighted by Crippen LogP contribution is 2.42. The summed E-state index contributed by atoms with van der Waals surface area (Å²) in [7, 11) is 0.579. The third-order valence-electron chi connectivity index (χ3n) is 4.42. The first kappa shape index (κ1) is 28.9. The van der Waals surface area contributed by atoms with E-state index in [1.54, 1.807) is 0 Å². The van der Waals surface area contributed by atoms with E-state index in [9.17, 15) is 66.3 Å². The smallest absolute Gasteiger partial charge is 0.419 e. The van der Waals surface area contributed by atoms with Gasteiger partial charge in [0.15, 0.2) is 5.78 Å². The lowest BCUT2D eigenvalue weighted by Crippen LogP contribution is -2.17. The second kappa shape index (κ2) is 9.28. The third kappa shape index (κ3) is 6.07. The minimum atomic E-state index is -5.73. The molecule has 198 valence electrons. The van der Waals surface area contributed by atoms with E-state index in [0.29, 0.717) is 7.11 Å². The number of hydrogen-bond donors (Lipinski definition) is 0. The van der Waals surface area contributed by atoms with Gasteiger partial charge in [0.25, 0.3) is 0 Å². The molecule has 0 saturated carbocycles. The summed E-state index contributed by atoms with van der Waals surface area (Å²) in [4.78, 5) is 12.4. The van der Waals surface area contributed by atoms with Crippen LogP contribution >= 0.6 is 0 Å². The quantitative estimate of drug-likeness (QED) is 0.169. The van der Waals surface area contributed by atoms with Crippen molar-refractivity contribution < 1.29 is 71.0 Å². The molecule has 0 aliphatic rings. The molecule has 0 fully saturated rings. The van der Waals surface area contributed by atoms with E-state index in [0.717, 1.165) is 0 Å². The molecule has 0 spiro atoms. The van der Waals surface area contributed by atoms with Crippen LogP contribution in [0.1, 0.15) is 38.2 Å². The molecular formula is C20H8F14O2. The second-order valence-electron chi connectivity index (χ2n) is 6.84. The van der Waals surface area contributed by atoms with E-state index in [1.807, 2.05) is 0 Å². The molecule has 2 rings (SSSR count). The Morgan fingerprint density at radius 3 is 1.14 bits per heavy atom. The van der Waals surface area contributed by atoms with Crippen molar-refractivity contribution in [2.24, 2.45) is 0 Å². The monoisotopic (exact) mass is 546 g/mol. The van der Waals surface area contributed by atoms with Gasteiger partial charge in [-0.05, 0) is 24.3 Å². The molecule has 2 aromatic rings. The third-order valence-corrected chi connectivity index (χ3v) is 4.42. The molecule has 2 nitrogen and oxygen atoms in total. The number of hydrogen-bond acceptors (Lipinski definition) is 2. The fraction of sp³-hybridized carbons (Fsp3) is 0.250. The second-order valence-corrected chi connectivity index (χ2v) is 6.84. The van der Waals surface area contributed by atoms with Crippen molar-refractivity contribution in [1.29, 1.82) is 0 Å². The number of carbonyl (C=O) groups excluding carboxylic acids is 1. The van der Waals surface area contributed by atoms with Crippen LogP contribution < -0.4 is 0 Å². The van der Waals surface area contributed by atoms with Crippen LogP contribution in [-0.2, 0) is 29.4 Å². The number of ketones is 1. The Labute approximate surface area is 190 Å². The van der Waals surface area contributed by atoms with Gasteiger partial charge in [-0.25, -0.2) is 8.78 Å². The highest BCUT2D eigenvalue weighted by Gasteiger charge is 2.44. The molecule has 36 heavy (non-hydrogen) atoms. The Hall–Kier alpha value is -3.33. The van der Waals surface area contributed by atoms with Crippen LogP contribution in [0.3, 0.4) is 0 Å². The summed E-state index contributed by atoms with van der Waals surface area (Å²) in [5, 5.41) is 0. The number of benzene rings is 2. The maximum atomic E-state index is 13.9. The lowest BCUT2D eigenvalue weighted by atomic mass is 9.98. The number of halogens is 14. The maximum Gasteiger partial charge on any atom is 0.419 e. The van der Waals surface area contributed by atoms with Crippen LogP contribution in [0.15, 0.2) is 30.3 Å². The molecule has 0 N–H and O–H groups in total. The van der Waals surface area contributed by atoms with Crippen molar-refractivity contribution in [1.82, 2.24) is 0 Å². The molecular weight excluding hydrogens is 538 g/mol. The van der Waals surface area contributed by atoms with E-state index in [1.165, 1.54) is 0 Å². The summed E-state index contributed by atoms with van der Waals surface area (Å²) in [6.45, 7) is 0. The van der Waals surface area contributed by atoms with Gasteiger partial charge in [0.2, 0.25) is 0 Å². The highest BCUT2D eigenvalue weighted by atomic mass is 19.4. The normalized spacial score (nSPS) is 13.7. The maximum absolute atomic E-state index is 13.9. The lowest BCUT2D eigenvalue weighted by Gasteiger charge is -2.17. The van der Waals surface area contributed by atoms with E-state index in [4.69, 9.17) is 0 Å². The van der Waals surface area contributed by atoms with Gasteiger partial charge in [-0.2, -0.15) is 52.7 Å². The fourth-order valence-corrected chi connectivity index (χ4v) is 2.82. The summed E-state index contributed by atoms with van der Waals surface area (Å²) in [5.74, 6) is -8.58. The Balaban J connectivity index is 2.78. The first-order chi connectivity index (χ1) is 16.1. The van der Waals surface area contributed by atoms with Gasteiger partial charge in [-0.1, -0.05) is 0 Å². The van der Waals surface area contributed by atoms with Crippen LogP contribution in [0.2, 0.25) is 0 Å². The first-order valence-electron chi connectivity index (χ1n) is 8.85. The Bertz CT molecular complexity index is 1130. The molecule has 0 heterocycles. The zero-order valence-electron chi connectivity index (χ0n) is 17.0. The summed E-state index contributed by atoms with van der Waals surface area (Å²) in [5.41, 5.74) is -12.7. The van der Waals surface area contributed by atoms with Crippen LogP contribution in [-0.4, -0.2) is 12.9 Å². The van der Waals surface area contributed by atoms with Gasteiger partial charge in [0.1, 0.15) is 17.4 Å². The SMILES string of the molecule is CO/C(=C\C(=O)c1cc(C(F)(F)F)c(F)c(C(F)(F)F)c1)c1cc(C(F)(F)F)c(F)c(C(F)(F)F)c1. The summed E-state index contributed by atoms with van der Waals surface area (Å²) in [6.07, 6.45) is -22.9. The van der Waals surface area contributed by atoms with Crippen molar-refractivity contribution in [3.63, 3.8) is 0 Å². The first-order valence-corrected chi connectivity index (χ1v) is 8.85. The minimum absolute atomic E-state index is 0.0406. The predicted octanol–water partition coefficient (Wildman–Crippen LogP) is 7.91. The molecule has 0 atom stereocenters.